The molecule has 1 aliphatic carbocycles. The molecule has 0 aromatic carbocycles. The zero-order valence-corrected chi connectivity index (χ0v) is 11.4. The lowest BCUT2D eigenvalue weighted by atomic mass is 9.85. The summed E-state index contributed by atoms with van der Waals surface area (Å²) in [7, 11) is 1.93. The minimum Gasteiger partial charge on any atom is -0.390 e. The quantitative estimate of drug-likeness (QED) is 0.875. The molecule has 1 N–H and O–H groups in total. The highest BCUT2D eigenvalue weighted by atomic mass is 16.3. The molecule has 0 radical (unpaired) electrons. The van der Waals surface area contributed by atoms with Crippen molar-refractivity contribution in [3.63, 3.8) is 0 Å². The molecule has 1 fully saturated rings. The van der Waals surface area contributed by atoms with Crippen molar-refractivity contribution in [2.24, 2.45) is 18.4 Å². The zero-order chi connectivity index (χ0) is 12.7. The van der Waals surface area contributed by atoms with Crippen molar-refractivity contribution >= 4 is 0 Å². The standard InChI is InChI=1S/C14H24N2O/c1-11-7-13(2,3)10-14(11,17)6-5-12-8-15-16(4)9-12/h8-9,11,17H,5-7,10H2,1-4H3. The van der Waals surface area contributed by atoms with Gasteiger partial charge in [-0.05, 0) is 42.6 Å². The Morgan fingerprint density at radius 2 is 2.24 bits per heavy atom. The Labute approximate surface area is 104 Å². The molecule has 1 aromatic heterocycles. The van der Waals surface area contributed by atoms with Crippen LogP contribution in [0, 0.1) is 11.3 Å². The van der Waals surface area contributed by atoms with E-state index in [2.05, 4.69) is 25.9 Å². The number of aromatic nitrogens is 2. The van der Waals surface area contributed by atoms with Crippen LogP contribution in [0.25, 0.3) is 0 Å². The fourth-order valence-electron chi connectivity index (χ4n) is 3.39. The molecule has 2 atom stereocenters. The van der Waals surface area contributed by atoms with Crippen LogP contribution >= 0.6 is 0 Å². The van der Waals surface area contributed by atoms with E-state index >= 15 is 0 Å². The number of nitrogens with zero attached hydrogens (tertiary/aromatic N) is 2. The van der Waals surface area contributed by atoms with Crippen molar-refractivity contribution in [1.29, 1.82) is 0 Å². The molecule has 3 heteroatoms. The number of aliphatic hydroxyl groups is 1. The van der Waals surface area contributed by atoms with Crippen LogP contribution in [-0.4, -0.2) is 20.5 Å². The molecule has 0 spiro atoms. The molecule has 0 amide bonds. The Kier molecular flexibility index (Phi) is 3.06. The second-order valence-corrected chi connectivity index (χ2v) is 6.57. The maximum absolute atomic E-state index is 10.7. The van der Waals surface area contributed by atoms with E-state index in [1.807, 2.05) is 24.1 Å². The highest BCUT2D eigenvalue weighted by Crippen LogP contribution is 2.49. The molecule has 3 nitrogen and oxygen atoms in total. The van der Waals surface area contributed by atoms with Crippen LogP contribution < -0.4 is 0 Å². The summed E-state index contributed by atoms with van der Waals surface area (Å²) in [5, 5.41) is 14.9. The van der Waals surface area contributed by atoms with E-state index in [4.69, 9.17) is 0 Å². The minimum atomic E-state index is -0.487. The molecule has 96 valence electrons. The fraction of sp³-hybridized carbons (Fsp3) is 0.786. The van der Waals surface area contributed by atoms with E-state index in [9.17, 15) is 5.11 Å². The fourth-order valence-corrected chi connectivity index (χ4v) is 3.39. The monoisotopic (exact) mass is 236 g/mol. The average Bonchev–Trinajstić information content (AvgIpc) is 2.67. The van der Waals surface area contributed by atoms with Gasteiger partial charge in [-0.25, -0.2) is 0 Å². The van der Waals surface area contributed by atoms with Gasteiger partial charge in [-0.15, -0.1) is 0 Å². The molecule has 0 saturated heterocycles. The van der Waals surface area contributed by atoms with E-state index in [0.29, 0.717) is 5.92 Å². The topological polar surface area (TPSA) is 38.1 Å². The molecule has 1 heterocycles. The number of rotatable bonds is 3. The largest absolute Gasteiger partial charge is 0.390 e. The van der Waals surface area contributed by atoms with Crippen molar-refractivity contribution in [2.75, 3.05) is 0 Å². The van der Waals surface area contributed by atoms with Crippen molar-refractivity contribution in [2.45, 2.75) is 52.1 Å². The van der Waals surface area contributed by atoms with Gasteiger partial charge < -0.3 is 5.11 Å². The lowest BCUT2D eigenvalue weighted by molar-refractivity contribution is -0.00372. The summed E-state index contributed by atoms with van der Waals surface area (Å²) < 4.78 is 1.82. The first-order chi connectivity index (χ1) is 7.81. The lowest BCUT2D eigenvalue weighted by Crippen LogP contribution is -2.32. The van der Waals surface area contributed by atoms with Gasteiger partial charge in [-0.3, -0.25) is 4.68 Å². The number of aryl methyl sites for hydroxylation is 2. The average molecular weight is 236 g/mol. The summed E-state index contributed by atoms with van der Waals surface area (Å²) in [5.41, 5.74) is 1.01. The molecule has 1 saturated carbocycles. The van der Waals surface area contributed by atoms with Gasteiger partial charge in [0.1, 0.15) is 0 Å². The lowest BCUT2D eigenvalue weighted by Gasteiger charge is -2.28. The highest BCUT2D eigenvalue weighted by Gasteiger charge is 2.46. The number of hydrogen-bond acceptors (Lipinski definition) is 2. The SMILES string of the molecule is CC1CC(C)(C)CC1(O)CCc1cnn(C)c1. The van der Waals surface area contributed by atoms with Gasteiger partial charge in [-0.1, -0.05) is 20.8 Å². The summed E-state index contributed by atoms with van der Waals surface area (Å²) >= 11 is 0. The van der Waals surface area contributed by atoms with Crippen LogP contribution in [0.15, 0.2) is 12.4 Å². The Balaban J connectivity index is 1.99. The van der Waals surface area contributed by atoms with Gasteiger partial charge >= 0.3 is 0 Å². The molecular formula is C14H24N2O. The second-order valence-electron chi connectivity index (χ2n) is 6.57. The maximum atomic E-state index is 10.7. The Morgan fingerprint density at radius 1 is 1.53 bits per heavy atom. The van der Waals surface area contributed by atoms with Crippen LogP contribution in [0.3, 0.4) is 0 Å². The molecule has 2 unspecified atom stereocenters. The predicted octanol–water partition coefficient (Wildman–Crippen LogP) is 2.54. The predicted molar refractivity (Wildman–Crippen MR) is 68.7 cm³/mol. The summed E-state index contributed by atoms with van der Waals surface area (Å²) in [6.45, 7) is 6.69. The molecule has 1 aromatic rings. The van der Waals surface area contributed by atoms with Crippen LogP contribution in [0.5, 0.6) is 0 Å². The van der Waals surface area contributed by atoms with Crippen LogP contribution in [-0.2, 0) is 13.5 Å². The van der Waals surface area contributed by atoms with Gasteiger partial charge in [-0.2, -0.15) is 5.10 Å². The third-order valence-electron chi connectivity index (χ3n) is 4.17. The van der Waals surface area contributed by atoms with E-state index < -0.39 is 5.60 Å². The van der Waals surface area contributed by atoms with Gasteiger partial charge in [0.2, 0.25) is 0 Å². The minimum absolute atomic E-state index is 0.281. The van der Waals surface area contributed by atoms with Crippen LogP contribution in [0.1, 0.15) is 45.6 Å². The Hall–Kier alpha value is -0.830. The zero-order valence-electron chi connectivity index (χ0n) is 11.4. The molecule has 0 aliphatic heterocycles. The van der Waals surface area contributed by atoms with Crippen LogP contribution in [0.4, 0.5) is 0 Å². The second kappa shape index (κ2) is 4.13. The highest BCUT2D eigenvalue weighted by molar-refractivity contribution is 5.07. The molecule has 0 bridgehead atoms. The first kappa shape index (κ1) is 12.6. The summed E-state index contributed by atoms with van der Waals surface area (Å²) in [4.78, 5) is 0. The smallest absolute Gasteiger partial charge is 0.0681 e. The van der Waals surface area contributed by atoms with E-state index in [-0.39, 0.29) is 5.41 Å². The summed E-state index contributed by atoms with van der Waals surface area (Å²) in [6, 6.07) is 0. The molecule has 1 aliphatic rings. The van der Waals surface area contributed by atoms with Gasteiger partial charge in [0.25, 0.3) is 0 Å². The van der Waals surface area contributed by atoms with Gasteiger partial charge in [0, 0.05) is 13.2 Å². The van der Waals surface area contributed by atoms with E-state index in [1.54, 1.807) is 0 Å². The summed E-state index contributed by atoms with van der Waals surface area (Å²) in [5.74, 6) is 0.397. The van der Waals surface area contributed by atoms with Gasteiger partial charge in [0.15, 0.2) is 0 Å². The molecule has 17 heavy (non-hydrogen) atoms. The molecule has 2 rings (SSSR count). The van der Waals surface area contributed by atoms with Crippen LogP contribution in [0.2, 0.25) is 0 Å². The van der Waals surface area contributed by atoms with Crippen molar-refractivity contribution in [3.8, 4) is 0 Å². The number of hydrogen-bond donors (Lipinski definition) is 1. The van der Waals surface area contributed by atoms with E-state index in [0.717, 1.165) is 25.7 Å². The first-order valence-electron chi connectivity index (χ1n) is 6.51. The van der Waals surface area contributed by atoms with E-state index in [1.165, 1.54) is 5.56 Å². The Morgan fingerprint density at radius 3 is 2.71 bits per heavy atom. The third kappa shape index (κ3) is 2.71. The third-order valence-corrected chi connectivity index (χ3v) is 4.17. The molecular weight excluding hydrogens is 212 g/mol. The van der Waals surface area contributed by atoms with Gasteiger partial charge in [0.05, 0.1) is 11.8 Å². The van der Waals surface area contributed by atoms with Crippen molar-refractivity contribution in [3.05, 3.63) is 18.0 Å². The normalized spacial score (nSPS) is 31.9. The Bertz CT molecular complexity index is 397. The van der Waals surface area contributed by atoms with Crippen molar-refractivity contribution in [1.82, 2.24) is 9.78 Å². The summed E-state index contributed by atoms with van der Waals surface area (Å²) in [6.07, 6.45) is 7.74. The van der Waals surface area contributed by atoms with Crippen molar-refractivity contribution < 1.29 is 5.11 Å². The first-order valence-corrected chi connectivity index (χ1v) is 6.51. The maximum Gasteiger partial charge on any atom is 0.0681 e.